The summed E-state index contributed by atoms with van der Waals surface area (Å²) in [5.41, 5.74) is 6.63. The summed E-state index contributed by atoms with van der Waals surface area (Å²) in [6, 6.07) is 9.99. The molecule has 0 bridgehead atoms. The first-order chi connectivity index (χ1) is 14.5. The van der Waals surface area contributed by atoms with E-state index in [-0.39, 0.29) is 22.9 Å². The van der Waals surface area contributed by atoms with Crippen LogP contribution in [0.4, 0.5) is 20.3 Å². The first kappa shape index (κ1) is 19.9. The number of anilines is 2. The summed E-state index contributed by atoms with van der Waals surface area (Å²) in [6.45, 7) is 1.46. The predicted molar refractivity (Wildman–Crippen MR) is 111 cm³/mol. The first-order valence-corrected chi connectivity index (χ1v) is 9.70. The predicted octanol–water partition coefficient (Wildman–Crippen LogP) is 3.60. The van der Waals surface area contributed by atoms with Crippen LogP contribution in [0.15, 0.2) is 54.9 Å². The Balaban J connectivity index is 1.60. The number of nitrogens with two attached hydrogens (primary N) is 1. The SMILES string of the molecule is N[C@H]1CCCN(c2ncccc2NC(=O)c2ccnc(-c3c(F)cccc3F)c2)C1. The van der Waals surface area contributed by atoms with Gasteiger partial charge in [0.15, 0.2) is 5.82 Å². The van der Waals surface area contributed by atoms with Gasteiger partial charge >= 0.3 is 0 Å². The van der Waals surface area contributed by atoms with Crippen molar-refractivity contribution < 1.29 is 13.6 Å². The molecule has 1 aromatic carbocycles. The van der Waals surface area contributed by atoms with Crippen LogP contribution in [0.1, 0.15) is 23.2 Å². The first-order valence-electron chi connectivity index (χ1n) is 9.70. The van der Waals surface area contributed by atoms with Gasteiger partial charge in [-0.05, 0) is 49.2 Å². The number of hydrogen-bond acceptors (Lipinski definition) is 5. The van der Waals surface area contributed by atoms with Crippen LogP contribution in [0, 0.1) is 11.6 Å². The highest BCUT2D eigenvalue weighted by Gasteiger charge is 2.21. The molecule has 1 saturated heterocycles. The van der Waals surface area contributed by atoms with Gasteiger partial charge in [-0.2, -0.15) is 0 Å². The van der Waals surface area contributed by atoms with Crippen LogP contribution >= 0.6 is 0 Å². The van der Waals surface area contributed by atoms with Crippen LogP contribution in [0.2, 0.25) is 0 Å². The monoisotopic (exact) mass is 409 g/mol. The number of carbonyl (C=O) groups excluding carboxylic acids is 1. The van der Waals surface area contributed by atoms with Gasteiger partial charge < -0.3 is 16.0 Å². The Morgan fingerprint density at radius 2 is 1.90 bits per heavy atom. The van der Waals surface area contributed by atoms with E-state index >= 15 is 0 Å². The second-order valence-electron chi connectivity index (χ2n) is 7.20. The van der Waals surface area contributed by atoms with E-state index in [9.17, 15) is 13.6 Å². The number of amides is 1. The Labute approximate surface area is 172 Å². The molecule has 30 heavy (non-hydrogen) atoms. The normalized spacial score (nSPS) is 16.4. The number of benzene rings is 1. The maximum absolute atomic E-state index is 14.1. The molecular weight excluding hydrogens is 388 g/mol. The van der Waals surface area contributed by atoms with E-state index in [0.717, 1.165) is 31.5 Å². The minimum atomic E-state index is -0.740. The van der Waals surface area contributed by atoms with Gasteiger partial charge in [0.05, 0.1) is 16.9 Å². The second-order valence-corrected chi connectivity index (χ2v) is 7.20. The summed E-state index contributed by atoms with van der Waals surface area (Å²) in [4.78, 5) is 23.4. The van der Waals surface area contributed by atoms with E-state index in [1.807, 2.05) is 0 Å². The lowest BCUT2D eigenvalue weighted by Crippen LogP contribution is -2.43. The topological polar surface area (TPSA) is 84.1 Å². The van der Waals surface area contributed by atoms with Crippen molar-refractivity contribution in [2.24, 2.45) is 5.73 Å². The molecule has 154 valence electrons. The minimum absolute atomic E-state index is 0.0478. The fourth-order valence-corrected chi connectivity index (χ4v) is 3.59. The molecule has 6 nitrogen and oxygen atoms in total. The summed E-state index contributed by atoms with van der Waals surface area (Å²) in [7, 11) is 0. The van der Waals surface area contributed by atoms with Crippen LogP contribution in [-0.2, 0) is 0 Å². The molecule has 3 aromatic rings. The van der Waals surface area contributed by atoms with Crippen LogP contribution in [0.25, 0.3) is 11.3 Å². The van der Waals surface area contributed by atoms with Crippen molar-refractivity contribution >= 4 is 17.4 Å². The van der Waals surface area contributed by atoms with E-state index in [0.29, 0.717) is 18.1 Å². The third-order valence-electron chi connectivity index (χ3n) is 5.03. The molecule has 3 heterocycles. The van der Waals surface area contributed by atoms with Crippen molar-refractivity contribution in [2.75, 3.05) is 23.3 Å². The largest absolute Gasteiger partial charge is 0.353 e. The van der Waals surface area contributed by atoms with E-state index in [1.165, 1.54) is 24.4 Å². The summed E-state index contributed by atoms with van der Waals surface area (Å²) in [5.74, 6) is -1.26. The van der Waals surface area contributed by atoms with E-state index in [4.69, 9.17) is 5.73 Å². The van der Waals surface area contributed by atoms with Gasteiger partial charge in [-0.25, -0.2) is 13.8 Å². The van der Waals surface area contributed by atoms with Gasteiger partial charge in [0.25, 0.3) is 5.91 Å². The number of rotatable bonds is 4. The fourth-order valence-electron chi connectivity index (χ4n) is 3.59. The molecule has 3 N–H and O–H groups in total. The second kappa shape index (κ2) is 8.54. The lowest BCUT2D eigenvalue weighted by Gasteiger charge is -2.32. The number of nitrogens with one attached hydrogen (secondary N) is 1. The quantitative estimate of drug-likeness (QED) is 0.688. The number of nitrogens with zero attached hydrogens (tertiary/aromatic N) is 3. The van der Waals surface area contributed by atoms with Gasteiger partial charge in [0, 0.05) is 37.1 Å². The Morgan fingerprint density at radius 3 is 2.67 bits per heavy atom. The highest BCUT2D eigenvalue weighted by atomic mass is 19.1. The number of aromatic nitrogens is 2. The maximum Gasteiger partial charge on any atom is 0.255 e. The minimum Gasteiger partial charge on any atom is -0.353 e. The molecule has 2 aromatic heterocycles. The van der Waals surface area contributed by atoms with Crippen LogP contribution < -0.4 is 16.0 Å². The van der Waals surface area contributed by atoms with E-state index in [1.54, 1.807) is 18.3 Å². The van der Waals surface area contributed by atoms with Crippen molar-refractivity contribution in [1.29, 1.82) is 0 Å². The van der Waals surface area contributed by atoms with Crippen molar-refractivity contribution in [1.82, 2.24) is 9.97 Å². The van der Waals surface area contributed by atoms with Gasteiger partial charge in [0.2, 0.25) is 0 Å². The van der Waals surface area contributed by atoms with Crippen LogP contribution in [0.5, 0.6) is 0 Å². The van der Waals surface area contributed by atoms with Gasteiger partial charge in [-0.1, -0.05) is 6.07 Å². The van der Waals surface area contributed by atoms with Crippen molar-refractivity contribution in [3.8, 4) is 11.3 Å². The van der Waals surface area contributed by atoms with E-state index in [2.05, 4.69) is 20.2 Å². The molecule has 0 spiro atoms. The fraction of sp³-hybridized carbons (Fsp3) is 0.227. The average Bonchev–Trinajstić information content (AvgIpc) is 2.74. The summed E-state index contributed by atoms with van der Waals surface area (Å²) in [6.07, 6.45) is 4.92. The Bertz CT molecular complexity index is 1050. The summed E-state index contributed by atoms with van der Waals surface area (Å²) < 4.78 is 28.2. The molecule has 1 aliphatic heterocycles. The zero-order valence-corrected chi connectivity index (χ0v) is 16.2. The molecule has 1 amide bonds. The lowest BCUT2D eigenvalue weighted by molar-refractivity contribution is 0.102. The zero-order chi connectivity index (χ0) is 21.1. The molecule has 0 unspecified atom stereocenters. The highest BCUT2D eigenvalue weighted by Crippen LogP contribution is 2.27. The summed E-state index contributed by atoms with van der Waals surface area (Å²) in [5, 5.41) is 2.85. The molecule has 4 rings (SSSR count). The Morgan fingerprint density at radius 1 is 1.10 bits per heavy atom. The lowest BCUT2D eigenvalue weighted by atomic mass is 10.1. The number of carbonyl (C=O) groups is 1. The molecule has 0 radical (unpaired) electrons. The molecule has 0 saturated carbocycles. The van der Waals surface area contributed by atoms with Gasteiger partial charge in [-0.15, -0.1) is 0 Å². The average molecular weight is 409 g/mol. The number of piperidine rings is 1. The molecule has 1 fully saturated rings. The Hall–Kier alpha value is -3.39. The molecular formula is C22H21F2N5O. The number of halogens is 2. The van der Waals surface area contributed by atoms with Gasteiger partial charge in [-0.3, -0.25) is 9.78 Å². The van der Waals surface area contributed by atoms with E-state index < -0.39 is 17.5 Å². The standard InChI is InChI=1S/C22H21F2N5O/c23-16-5-1-6-17(24)20(16)19-12-14(8-10-26-19)22(30)28-18-7-2-9-27-21(18)29-11-3-4-15(25)13-29/h1-2,5-10,12,15H,3-4,11,13,25H2,(H,28,30)/t15-/m0/s1. The van der Waals surface area contributed by atoms with Crippen LogP contribution in [0.3, 0.4) is 0 Å². The van der Waals surface area contributed by atoms with Crippen molar-refractivity contribution in [2.45, 2.75) is 18.9 Å². The molecule has 0 aliphatic carbocycles. The van der Waals surface area contributed by atoms with Gasteiger partial charge in [0.1, 0.15) is 11.6 Å². The smallest absolute Gasteiger partial charge is 0.255 e. The van der Waals surface area contributed by atoms with Crippen molar-refractivity contribution in [3.63, 3.8) is 0 Å². The molecule has 8 heteroatoms. The number of hydrogen-bond donors (Lipinski definition) is 2. The maximum atomic E-state index is 14.1. The zero-order valence-electron chi connectivity index (χ0n) is 16.2. The van der Waals surface area contributed by atoms with Crippen molar-refractivity contribution in [3.05, 3.63) is 72.1 Å². The molecule has 1 atom stereocenters. The van der Waals surface area contributed by atoms with Crippen LogP contribution in [-0.4, -0.2) is 35.0 Å². The third-order valence-corrected chi connectivity index (χ3v) is 5.03. The third kappa shape index (κ3) is 4.13. The summed E-state index contributed by atoms with van der Waals surface area (Å²) >= 11 is 0. The number of pyridine rings is 2. The highest BCUT2D eigenvalue weighted by molar-refractivity contribution is 6.06. The Kier molecular flexibility index (Phi) is 5.67. The molecule has 1 aliphatic rings.